The molecule has 38 heavy (non-hydrogen) atoms. The van der Waals surface area contributed by atoms with Gasteiger partial charge in [0.1, 0.15) is 11.3 Å². The number of hydrogen-bond acceptors (Lipinski definition) is 7. The Hall–Kier alpha value is -3.76. The van der Waals surface area contributed by atoms with E-state index in [-0.39, 0.29) is 11.9 Å². The molecule has 1 amide bonds. The van der Waals surface area contributed by atoms with E-state index in [1.165, 1.54) is 5.56 Å². The molecule has 2 aliphatic heterocycles. The Kier molecular flexibility index (Phi) is 6.82. The number of H-pyrrole nitrogens is 1. The van der Waals surface area contributed by atoms with Gasteiger partial charge in [-0.3, -0.25) is 9.69 Å². The summed E-state index contributed by atoms with van der Waals surface area (Å²) in [7, 11) is 0. The first-order chi connectivity index (χ1) is 18.5. The fourth-order valence-corrected chi connectivity index (χ4v) is 5.48. The number of anilines is 1. The number of aromatic nitrogens is 5. The highest BCUT2D eigenvalue weighted by Crippen LogP contribution is 2.29. The molecule has 0 bridgehead atoms. The van der Waals surface area contributed by atoms with E-state index in [2.05, 4.69) is 57.4 Å². The molecule has 3 aromatic heterocycles. The molecule has 2 saturated heterocycles. The number of aryl methyl sites for hydroxylation is 1. The van der Waals surface area contributed by atoms with Gasteiger partial charge < -0.3 is 19.9 Å². The lowest BCUT2D eigenvalue weighted by Crippen LogP contribution is -2.46. The topological polar surface area (TPSA) is 104 Å². The minimum Gasteiger partial charge on any atom is -0.378 e. The van der Waals surface area contributed by atoms with Crippen molar-refractivity contribution in [3.63, 3.8) is 0 Å². The van der Waals surface area contributed by atoms with E-state index in [0.29, 0.717) is 25.4 Å². The number of morpholine rings is 1. The van der Waals surface area contributed by atoms with Crippen molar-refractivity contribution >= 4 is 22.8 Å². The fourth-order valence-electron chi connectivity index (χ4n) is 5.48. The second-order valence-electron chi connectivity index (χ2n) is 10.3. The number of carbonyl (C=O) groups is 1. The Bertz CT molecular complexity index is 1440. The second-order valence-corrected chi connectivity index (χ2v) is 10.3. The van der Waals surface area contributed by atoms with Crippen LogP contribution >= 0.6 is 0 Å². The number of piperidine rings is 1. The maximum atomic E-state index is 11.6. The summed E-state index contributed by atoms with van der Waals surface area (Å²) >= 11 is 0. The third kappa shape index (κ3) is 5.27. The van der Waals surface area contributed by atoms with Crippen LogP contribution in [-0.4, -0.2) is 81.0 Å². The molecule has 10 nitrogen and oxygen atoms in total. The molecular weight excluding hydrogens is 480 g/mol. The van der Waals surface area contributed by atoms with Crippen molar-refractivity contribution in [3.8, 4) is 17.1 Å². The number of nitrogens with one attached hydrogen (secondary N) is 2. The maximum absolute atomic E-state index is 11.6. The monoisotopic (exact) mass is 514 g/mol. The first-order valence-corrected chi connectivity index (χ1v) is 13.4. The van der Waals surface area contributed by atoms with Crippen LogP contribution in [0.15, 0.2) is 42.6 Å². The molecule has 5 heterocycles. The zero-order valence-electron chi connectivity index (χ0n) is 22.0. The normalized spacial score (nSPS) is 18.7. The molecule has 2 N–H and O–H groups in total. The molecule has 10 heteroatoms. The Morgan fingerprint density at radius 2 is 2.03 bits per heavy atom. The van der Waals surface area contributed by atoms with Crippen molar-refractivity contribution in [1.29, 1.82) is 0 Å². The van der Waals surface area contributed by atoms with Crippen molar-refractivity contribution in [1.82, 2.24) is 34.9 Å². The van der Waals surface area contributed by atoms with Gasteiger partial charge in [-0.15, -0.1) is 0 Å². The SMILES string of the molecule is CC(=O)NC1CCCN(Cc2nc3nc(-n4ccc(-c5cccc(C)c5)n4)cc(N4CCOCC4)c3[nH]2)C1. The first-order valence-electron chi connectivity index (χ1n) is 13.4. The molecule has 1 unspecified atom stereocenters. The Morgan fingerprint density at radius 3 is 2.84 bits per heavy atom. The zero-order chi connectivity index (χ0) is 26.1. The van der Waals surface area contributed by atoms with Gasteiger partial charge in [-0.05, 0) is 38.4 Å². The van der Waals surface area contributed by atoms with Gasteiger partial charge in [0.25, 0.3) is 0 Å². The van der Waals surface area contributed by atoms with Gasteiger partial charge in [-0.2, -0.15) is 5.10 Å². The van der Waals surface area contributed by atoms with Crippen molar-refractivity contribution in [2.45, 2.75) is 39.3 Å². The predicted molar refractivity (Wildman–Crippen MR) is 146 cm³/mol. The number of hydrogen-bond donors (Lipinski definition) is 2. The highest BCUT2D eigenvalue weighted by atomic mass is 16.5. The summed E-state index contributed by atoms with van der Waals surface area (Å²) in [4.78, 5) is 29.6. The minimum atomic E-state index is 0.0247. The molecule has 198 valence electrons. The quantitative estimate of drug-likeness (QED) is 0.408. The number of fused-ring (bicyclic) bond motifs is 1. The number of carbonyl (C=O) groups excluding carboxylic acids is 1. The number of ether oxygens (including phenoxy) is 1. The van der Waals surface area contributed by atoms with E-state index in [0.717, 1.165) is 73.1 Å². The van der Waals surface area contributed by atoms with Crippen LogP contribution in [0.5, 0.6) is 0 Å². The van der Waals surface area contributed by atoms with E-state index in [4.69, 9.17) is 19.8 Å². The summed E-state index contributed by atoms with van der Waals surface area (Å²) in [6, 6.07) is 12.6. The van der Waals surface area contributed by atoms with E-state index in [1.807, 2.05) is 16.9 Å². The average molecular weight is 515 g/mol. The number of benzene rings is 1. The number of likely N-dealkylation sites (tertiary alicyclic amines) is 1. The lowest BCUT2D eigenvalue weighted by atomic mass is 10.1. The molecular formula is C28H34N8O2. The lowest BCUT2D eigenvalue weighted by Gasteiger charge is -2.32. The Balaban J connectivity index is 1.32. The van der Waals surface area contributed by atoms with Gasteiger partial charge >= 0.3 is 0 Å². The van der Waals surface area contributed by atoms with Crippen LogP contribution < -0.4 is 10.2 Å². The Morgan fingerprint density at radius 1 is 1.16 bits per heavy atom. The summed E-state index contributed by atoms with van der Waals surface area (Å²) in [6.45, 7) is 9.16. The van der Waals surface area contributed by atoms with Crippen LogP contribution in [0.2, 0.25) is 0 Å². The van der Waals surface area contributed by atoms with Crippen LogP contribution in [0.1, 0.15) is 31.2 Å². The molecule has 0 aliphatic carbocycles. The van der Waals surface area contributed by atoms with Gasteiger partial charge in [0.05, 0.1) is 31.1 Å². The standard InChI is InChI=1S/C28H34N8O2/c1-19-5-3-6-21(15-19)23-8-10-36(33-23)26-16-24(35-11-13-38-14-12-35)27-28(32-26)31-25(30-27)18-34-9-4-7-22(17-34)29-20(2)37/h3,5-6,8,10,15-16,22H,4,7,9,11-14,17-18H2,1-2H3,(H,29,37)(H,30,31,32). The van der Waals surface area contributed by atoms with Crippen LogP contribution in [0, 0.1) is 6.92 Å². The highest BCUT2D eigenvalue weighted by molar-refractivity contribution is 5.87. The highest BCUT2D eigenvalue weighted by Gasteiger charge is 2.23. The summed E-state index contributed by atoms with van der Waals surface area (Å²) in [6.07, 6.45) is 4.02. The molecule has 6 rings (SSSR count). The molecule has 0 spiro atoms. The molecule has 1 aromatic carbocycles. The van der Waals surface area contributed by atoms with E-state index in [9.17, 15) is 4.79 Å². The van der Waals surface area contributed by atoms with Crippen LogP contribution in [0.4, 0.5) is 5.69 Å². The smallest absolute Gasteiger partial charge is 0.217 e. The van der Waals surface area contributed by atoms with Crippen molar-refractivity contribution in [2.75, 3.05) is 44.3 Å². The van der Waals surface area contributed by atoms with Crippen molar-refractivity contribution in [2.24, 2.45) is 0 Å². The van der Waals surface area contributed by atoms with Crippen molar-refractivity contribution < 1.29 is 9.53 Å². The predicted octanol–water partition coefficient (Wildman–Crippen LogP) is 3.06. The van der Waals surface area contributed by atoms with E-state index in [1.54, 1.807) is 6.92 Å². The number of imidazole rings is 1. The number of aromatic amines is 1. The van der Waals surface area contributed by atoms with Crippen molar-refractivity contribution in [3.05, 3.63) is 54.0 Å². The summed E-state index contributed by atoms with van der Waals surface area (Å²) in [5.74, 6) is 1.64. The maximum Gasteiger partial charge on any atom is 0.217 e. The Labute approximate surface area is 222 Å². The van der Waals surface area contributed by atoms with Gasteiger partial charge in [0.2, 0.25) is 5.91 Å². The largest absolute Gasteiger partial charge is 0.378 e. The van der Waals surface area contributed by atoms with E-state index < -0.39 is 0 Å². The number of rotatable bonds is 6. The third-order valence-corrected chi connectivity index (χ3v) is 7.25. The zero-order valence-corrected chi connectivity index (χ0v) is 22.0. The number of amides is 1. The fraction of sp³-hybridized carbons (Fsp3) is 0.429. The van der Waals surface area contributed by atoms with Gasteiger partial charge in [-0.1, -0.05) is 23.8 Å². The van der Waals surface area contributed by atoms with Gasteiger partial charge in [-0.25, -0.2) is 14.6 Å². The van der Waals surface area contributed by atoms with Crippen LogP contribution in [0.25, 0.3) is 28.2 Å². The minimum absolute atomic E-state index is 0.0247. The van der Waals surface area contributed by atoms with Crippen LogP contribution in [-0.2, 0) is 16.1 Å². The molecule has 0 radical (unpaired) electrons. The van der Waals surface area contributed by atoms with Gasteiger partial charge in [0.15, 0.2) is 11.5 Å². The summed E-state index contributed by atoms with van der Waals surface area (Å²) < 4.78 is 7.45. The third-order valence-electron chi connectivity index (χ3n) is 7.25. The first kappa shape index (κ1) is 24.6. The number of nitrogens with zero attached hydrogens (tertiary/aromatic N) is 6. The second kappa shape index (κ2) is 10.5. The molecule has 4 aromatic rings. The van der Waals surface area contributed by atoms with Crippen LogP contribution in [0.3, 0.4) is 0 Å². The molecule has 2 fully saturated rings. The number of pyridine rings is 1. The molecule has 2 aliphatic rings. The summed E-state index contributed by atoms with van der Waals surface area (Å²) in [5.41, 5.74) is 5.88. The van der Waals surface area contributed by atoms with Gasteiger partial charge in [0, 0.05) is 50.4 Å². The molecule has 1 atom stereocenters. The van der Waals surface area contributed by atoms with E-state index >= 15 is 0 Å². The average Bonchev–Trinajstić information content (AvgIpc) is 3.56. The molecule has 0 saturated carbocycles. The summed E-state index contributed by atoms with van der Waals surface area (Å²) in [5, 5.41) is 7.91. The lowest BCUT2D eigenvalue weighted by molar-refractivity contribution is -0.120.